The van der Waals surface area contributed by atoms with E-state index in [-0.39, 0.29) is 11.8 Å². The molecule has 2 amide bonds. The predicted molar refractivity (Wildman–Crippen MR) is 102 cm³/mol. The summed E-state index contributed by atoms with van der Waals surface area (Å²) in [5, 5.41) is 2.86. The van der Waals surface area contributed by atoms with E-state index in [0.29, 0.717) is 13.0 Å². The number of hydrogen-bond acceptors (Lipinski definition) is 3. The van der Waals surface area contributed by atoms with Gasteiger partial charge in [0.15, 0.2) is 0 Å². The number of carbonyl (C=O) groups is 2. The molecule has 5 heteroatoms. The number of nitrogens with zero attached hydrogens (tertiary/aromatic N) is 1. The Labute approximate surface area is 153 Å². The minimum atomic E-state index is -0.161. The summed E-state index contributed by atoms with van der Waals surface area (Å²) in [7, 11) is 1.61. The van der Waals surface area contributed by atoms with Crippen molar-refractivity contribution in [2.75, 3.05) is 18.6 Å². The van der Waals surface area contributed by atoms with Crippen molar-refractivity contribution in [2.45, 2.75) is 19.4 Å². The summed E-state index contributed by atoms with van der Waals surface area (Å²) in [6, 6.07) is 15.2. The molecule has 0 atom stereocenters. The summed E-state index contributed by atoms with van der Waals surface area (Å²) in [4.78, 5) is 25.5. The molecular weight excluding hydrogens is 328 g/mol. The third-order valence-electron chi connectivity index (χ3n) is 4.31. The summed E-state index contributed by atoms with van der Waals surface area (Å²) in [6.07, 6.45) is 4.79. The first kappa shape index (κ1) is 17.7. The van der Waals surface area contributed by atoms with Gasteiger partial charge in [-0.2, -0.15) is 0 Å². The highest BCUT2D eigenvalue weighted by Gasteiger charge is 2.21. The number of methoxy groups -OCH3 is 1. The van der Waals surface area contributed by atoms with Crippen molar-refractivity contribution in [3.05, 3.63) is 65.7 Å². The Kier molecular flexibility index (Phi) is 5.69. The van der Waals surface area contributed by atoms with E-state index in [1.54, 1.807) is 18.1 Å². The first-order valence-electron chi connectivity index (χ1n) is 8.65. The SMILES string of the molecule is COc1cccc(C=CC(=O)NCc2ccc(N3CCCC3=O)cc2)c1. The maximum atomic E-state index is 12.0. The van der Waals surface area contributed by atoms with Crippen LogP contribution in [-0.2, 0) is 16.1 Å². The second-order valence-corrected chi connectivity index (χ2v) is 6.14. The second kappa shape index (κ2) is 8.34. The van der Waals surface area contributed by atoms with Crippen LogP contribution < -0.4 is 15.0 Å². The normalized spacial score (nSPS) is 14.0. The van der Waals surface area contributed by atoms with Crippen molar-refractivity contribution < 1.29 is 14.3 Å². The molecule has 1 fully saturated rings. The Hall–Kier alpha value is -3.08. The van der Waals surface area contributed by atoms with Gasteiger partial charge in [0.25, 0.3) is 0 Å². The largest absolute Gasteiger partial charge is 0.497 e. The minimum Gasteiger partial charge on any atom is -0.497 e. The maximum Gasteiger partial charge on any atom is 0.244 e. The van der Waals surface area contributed by atoms with Gasteiger partial charge in [0.1, 0.15) is 5.75 Å². The molecule has 26 heavy (non-hydrogen) atoms. The van der Waals surface area contributed by atoms with E-state index in [1.165, 1.54) is 6.08 Å². The van der Waals surface area contributed by atoms with Crippen molar-refractivity contribution in [1.82, 2.24) is 5.32 Å². The van der Waals surface area contributed by atoms with Gasteiger partial charge in [0.05, 0.1) is 7.11 Å². The molecular formula is C21H22N2O3. The number of hydrogen-bond donors (Lipinski definition) is 1. The average Bonchev–Trinajstić information content (AvgIpc) is 3.11. The van der Waals surface area contributed by atoms with E-state index in [1.807, 2.05) is 48.5 Å². The van der Waals surface area contributed by atoms with Gasteiger partial charge in [-0.3, -0.25) is 9.59 Å². The first-order valence-corrected chi connectivity index (χ1v) is 8.65. The van der Waals surface area contributed by atoms with Crippen LogP contribution in [0.25, 0.3) is 6.08 Å². The van der Waals surface area contributed by atoms with Crippen molar-refractivity contribution in [1.29, 1.82) is 0 Å². The third kappa shape index (κ3) is 4.51. The Bertz CT molecular complexity index is 812. The van der Waals surface area contributed by atoms with Gasteiger partial charge in [-0.15, -0.1) is 0 Å². The van der Waals surface area contributed by atoms with Gasteiger partial charge >= 0.3 is 0 Å². The van der Waals surface area contributed by atoms with Crippen LogP contribution in [0.1, 0.15) is 24.0 Å². The molecule has 1 heterocycles. The van der Waals surface area contributed by atoms with E-state index < -0.39 is 0 Å². The Morgan fingerprint density at radius 1 is 1.23 bits per heavy atom. The number of anilines is 1. The third-order valence-corrected chi connectivity index (χ3v) is 4.31. The van der Waals surface area contributed by atoms with Crippen LogP contribution in [0.15, 0.2) is 54.6 Å². The molecule has 0 aromatic heterocycles. The van der Waals surface area contributed by atoms with E-state index in [9.17, 15) is 9.59 Å². The standard InChI is InChI=1S/C21H22N2O3/c1-26-19-5-2-4-16(14-19)9-12-20(24)22-15-17-7-10-18(11-8-17)23-13-3-6-21(23)25/h2,4-5,7-12,14H,3,6,13,15H2,1H3,(H,22,24). The van der Waals surface area contributed by atoms with Crippen molar-refractivity contribution >= 4 is 23.6 Å². The number of ether oxygens (including phenoxy) is 1. The highest BCUT2D eigenvalue weighted by molar-refractivity contribution is 5.95. The zero-order valence-electron chi connectivity index (χ0n) is 14.8. The molecule has 1 aliphatic heterocycles. The predicted octanol–water partition coefficient (Wildman–Crippen LogP) is 3.15. The van der Waals surface area contributed by atoms with Crippen LogP contribution in [0.3, 0.4) is 0 Å². The number of rotatable bonds is 6. The molecule has 1 saturated heterocycles. The molecule has 3 rings (SSSR count). The Morgan fingerprint density at radius 3 is 2.73 bits per heavy atom. The molecule has 1 N–H and O–H groups in total. The maximum absolute atomic E-state index is 12.0. The van der Waals surface area contributed by atoms with Gasteiger partial charge in [0.2, 0.25) is 11.8 Å². The van der Waals surface area contributed by atoms with Gasteiger partial charge in [-0.25, -0.2) is 0 Å². The second-order valence-electron chi connectivity index (χ2n) is 6.14. The highest BCUT2D eigenvalue weighted by atomic mass is 16.5. The van der Waals surface area contributed by atoms with Crippen molar-refractivity contribution in [3.8, 4) is 5.75 Å². The molecule has 0 bridgehead atoms. The van der Waals surface area contributed by atoms with Gasteiger partial charge in [-0.05, 0) is 47.9 Å². The van der Waals surface area contributed by atoms with Crippen LogP contribution in [0.5, 0.6) is 5.75 Å². The van der Waals surface area contributed by atoms with E-state index in [0.717, 1.165) is 35.5 Å². The molecule has 0 spiro atoms. The Balaban J connectivity index is 1.52. The van der Waals surface area contributed by atoms with Crippen LogP contribution >= 0.6 is 0 Å². The molecule has 134 valence electrons. The van der Waals surface area contributed by atoms with Crippen LogP contribution in [0.4, 0.5) is 5.69 Å². The van der Waals surface area contributed by atoms with Crippen molar-refractivity contribution in [3.63, 3.8) is 0 Å². The molecule has 2 aromatic rings. The van der Waals surface area contributed by atoms with E-state index >= 15 is 0 Å². The molecule has 5 nitrogen and oxygen atoms in total. The molecule has 0 aliphatic carbocycles. The molecule has 2 aromatic carbocycles. The number of amides is 2. The summed E-state index contributed by atoms with van der Waals surface area (Å²) in [5.74, 6) is 0.768. The monoisotopic (exact) mass is 350 g/mol. The summed E-state index contributed by atoms with van der Waals surface area (Å²) in [6.45, 7) is 1.22. The smallest absolute Gasteiger partial charge is 0.244 e. The minimum absolute atomic E-state index is 0.161. The summed E-state index contributed by atoms with van der Waals surface area (Å²) >= 11 is 0. The molecule has 1 aliphatic rings. The fourth-order valence-electron chi connectivity index (χ4n) is 2.88. The molecule has 0 radical (unpaired) electrons. The van der Waals surface area contributed by atoms with E-state index in [4.69, 9.17) is 4.74 Å². The first-order chi connectivity index (χ1) is 12.7. The molecule has 0 saturated carbocycles. The van der Waals surface area contributed by atoms with E-state index in [2.05, 4.69) is 5.32 Å². The topological polar surface area (TPSA) is 58.6 Å². The Morgan fingerprint density at radius 2 is 2.04 bits per heavy atom. The zero-order valence-corrected chi connectivity index (χ0v) is 14.8. The molecule has 0 unspecified atom stereocenters. The van der Waals surface area contributed by atoms with Gasteiger partial charge < -0.3 is 15.0 Å². The van der Waals surface area contributed by atoms with Crippen molar-refractivity contribution in [2.24, 2.45) is 0 Å². The lowest BCUT2D eigenvalue weighted by molar-refractivity contribution is -0.117. The fourth-order valence-corrected chi connectivity index (χ4v) is 2.88. The lowest BCUT2D eigenvalue weighted by Gasteiger charge is -2.15. The fraction of sp³-hybridized carbons (Fsp3) is 0.238. The lowest BCUT2D eigenvalue weighted by atomic mass is 10.2. The van der Waals surface area contributed by atoms with Gasteiger partial charge in [0, 0.05) is 31.3 Å². The average molecular weight is 350 g/mol. The van der Waals surface area contributed by atoms with Crippen LogP contribution in [0.2, 0.25) is 0 Å². The van der Waals surface area contributed by atoms with Gasteiger partial charge in [-0.1, -0.05) is 24.3 Å². The zero-order chi connectivity index (χ0) is 18.4. The van der Waals surface area contributed by atoms with Crippen LogP contribution in [0, 0.1) is 0 Å². The number of benzene rings is 2. The number of nitrogens with one attached hydrogen (secondary N) is 1. The number of carbonyl (C=O) groups excluding carboxylic acids is 2. The quantitative estimate of drug-likeness (QED) is 0.814. The lowest BCUT2D eigenvalue weighted by Crippen LogP contribution is -2.23. The highest BCUT2D eigenvalue weighted by Crippen LogP contribution is 2.21. The summed E-state index contributed by atoms with van der Waals surface area (Å²) < 4.78 is 5.16. The van der Waals surface area contributed by atoms with Crippen LogP contribution in [-0.4, -0.2) is 25.5 Å². The summed E-state index contributed by atoms with van der Waals surface area (Å²) in [5.41, 5.74) is 2.81.